The molecule has 0 unspecified atom stereocenters. The number of rotatable bonds is 4. The Hall–Kier alpha value is -1.88. The fraction of sp³-hybridized carbons (Fsp3) is 0.400. The van der Waals surface area contributed by atoms with Crippen LogP contribution < -0.4 is 10.6 Å². The van der Waals surface area contributed by atoms with Crippen molar-refractivity contribution in [1.82, 2.24) is 15.2 Å². The highest BCUT2D eigenvalue weighted by Gasteiger charge is 2.16. The zero-order valence-corrected chi connectivity index (χ0v) is 12.7. The van der Waals surface area contributed by atoms with E-state index >= 15 is 0 Å². The molecule has 2 N–H and O–H groups in total. The first-order valence-electron chi connectivity index (χ1n) is 7.21. The molecular weight excluding hydrogens is 286 g/mol. The normalized spacial score (nSPS) is 15.1. The van der Waals surface area contributed by atoms with Gasteiger partial charge in [0, 0.05) is 16.8 Å². The SMILES string of the molecule is Cc1c(Cl)cccc1Nc1cnnc(NC2CCCC2)n1. The number of anilines is 3. The van der Waals surface area contributed by atoms with Crippen LogP contribution in [0.1, 0.15) is 31.2 Å². The lowest BCUT2D eigenvalue weighted by Gasteiger charge is -2.13. The third kappa shape index (κ3) is 3.42. The first-order chi connectivity index (χ1) is 10.2. The van der Waals surface area contributed by atoms with E-state index in [1.807, 2.05) is 25.1 Å². The Balaban J connectivity index is 1.74. The summed E-state index contributed by atoms with van der Waals surface area (Å²) in [5, 5.41) is 15.4. The summed E-state index contributed by atoms with van der Waals surface area (Å²) in [5.74, 6) is 1.24. The van der Waals surface area contributed by atoms with Crippen molar-refractivity contribution >= 4 is 29.1 Å². The van der Waals surface area contributed by atoms with Gasteiger partial charge in [0.25, 0.3) is 0 Å². The van der Waals surface area contributed by atoms with Gasteiger partial charge in [-0.15, -0.1) is 5.10 Å². The van der Waals surface area contributed by atoms with Crippen molar-refractivity contribution in [2.24, 2.45) is 0 Å². The quantitative estimate of drug-likeness (QED) is 0.896. The Morgan fingerprint density at radius 2 is 2.05 bits per heavy atom. The highest BCUT2D eigenvalue weighted by atomic mass is 35.5. The van der Waals surface area contributed by atoms with E-state index in [4.69, 9.17) is 11.6 Å². The number of nitrogens with one attached hydrogen (secondary N) is 2. The van der Waals surface area contributed by atoms with Gasteiger partial charge in [-0.3, -0.25) is 0 Å². The predicted octanol–water partition coefficient (Wildman–Crippen LogP) is 3.93. The smallest absolute Gasteiger partial charge is 0.244 e. The second-order valence-corrected chi connectivity index (χ2v) is 5.74. The highest BCUT2D eigenvalue weighted by Crippen LogP contribution is 2.26. The maximum atomic E-state index is 6.12. The van der Waals surface area contributed by atoms with Crippen LogP contribution in [0.3, 0.4) is 0 Å². The predicted molar refractivity (Wildman–Crippen MR) is 85.2 cm³/mol. The maximum Gasteiger partial charge on any atom is 0.244 e. The third-order valence-electron chi connectivity index (χ3n) is 3.78. The number of nitrogens with zero attached hydrogens (tertiary/aromatic N) is 3. The van der Waals surface area contributed by atoms with E-state index in [0.717, 1.165) is 16.3 Å². The fourth-order valence-electron chi connectivity index (χ4n) is 2.56. The van der Waals surface area contributed by atoms with Gasteiger partial charge in [-0.2, -0.15) is 10.1 Å². The fourth-order valence-corrected chi connectivity index (χ4v) is 2.73. The van der Waals surface area contributed by atoms with E-state index in [1.165, 1.54) is 25.7 Å². The molecule has 5 nitrogen and oxygen atoms in total. The molecule has 0 aliphatic heterocycles. The monoisotopic (exact) mass is 303 g/mol. The van der Waals surface area contributed by atoms with Gasteiger partial charge in [0.15, 0.2) is 5.82 Å². The van der Waals surface area contributed by atoms with Crippen LogP contribution in [0.25, 0.3) is 0 Å². The highest BCUT2D eigenvalue weighted by molar-refractivity contribution is 6.31. The van der Waals surface area contributed by atoms with Gasteiger partial charge in [-0.05, 0) is 37.5 Å². The zero-order chi connectivity index (χ0) is 14.7. The van der Waals surface area contributed by atoms with Crippen molar-refractivity contribution in [2.45, 2.75) is 38.6 Å². The second-order valence-electron chi connectivity index (χ2n) is 5.33. The van der Waals surface area contributed by atoms with E-state index in [2.05, 4.69) is 25.8 Å². The molecule has 6 heteroatoms. The Morgan fingerprint density at radius 1 is 1.24 bits per heavy atom. The molecule has 0 atom stereocenters. The number of hydrogen-bond donors (Lipinski definition) is 2. The summed E-state index contributed by atoms with van der Waals surface area (Å²) in [4.78, 5) is 4.46. The summed E-state index contributed by atoms with van der Waals surface area (Å²) >= 11 is 6.12. The summed E-state index contributed by atoms with van der Waals surface area (Å²) in [6, 6.07) is 6.21. The van der Waals surface area contributed by atoms with Crippen LogP contribution in [0, 0.1) is 6.92 Å². The Morgan fingerprint density at radius 3 is 2.86 bits per heavy atom. The van der Waals surface area contributed by atoms with Crippen LogP contribution >= 0.6 is 11.6 Å². The molecule has 3 rings (SSSR count). The van der Waals surface area contributed by atoms with Gasteiger partial charge in [0.1, 0.15) is 0 Å². The summed E-state index contributed by atoms with van der Waals surface area (Å²) in [7, 11) is 0. The second kappa shape index (κ2) is 6.26. The molecule has 0 radical (unpaired) electrons. The van der Waals surface area contributed by atoms with Crippen LogP contribution in [-0.2, 0) is 0 Å². The minimum absolute atomic E-state index is 0.468. The Labute approximate surface area is 129 Å². The molecule has 1 aromatic heterocycles. The van der Waals surface area contributed by atoms with Crippen LogP contribution in [0.15, 0.2) is 24.4 Å². The minimum atomic E-state index is 0.468. The van der Waals surface area contributed by atoms with E-state index in [0.29, 0.717) is 17.8 Å². The molecule has 21 heavy (non-hydrogen) atoms. The standard InChI is InChI=1S/C15H18ClN5/c1-10-12(16)7-4-8-13(10)19-14-9-17-21-15(20-14)18-11-5-2-3-6-11/h4,7-9,11H,2-3,5-6H2,1H3,(H2,18,19,20,21). The van der Waals surface area contributed by atoms with Crippen molar-refractivity contribution in [3.05, 3.63) is 35.0 Å². The van der Waals surface area contributed by atoms with Crippen molar-refractivity contribution in [1.29, 1.82) is 0 Å². The van der Waals surface area contributed by atoms with Gasteiger partial charge in [0.05, 0.1) is 6.20 Å². The largest absolute Gasteiger partial charge is 0.350 e. The van der Waals surface area contributed by atoms with Gasteiger partial charge in [0.2, 0.25) is 5.95 Å². The van der Waals surface area contributed by atoms with E-state index < -0.39 is 0 Å². The lowest BCUT2D eigenvalue weighted by molar-refractivity contribution is 0.738. The summed E-state index contributed by atoms with van der Waals surface area (Å²) < 4.78 is 0. The van der Waals surface area contributed by atoms with Gasteiger partial charge >= 0.3 is 0 Å². The molecule has 110 valence electrons. The number of aromatic nitrogens is 3. The molecule has 1 aliphatic carbocycles. The van der Waals surface area contributed by atoms with Crippen molar-refractivity contribution in [3.8, 4) is 0 Å². The molecule has 0 spiro atoms. The molecular formula is C15H18ClN5. The van der Waals surface area contributed by atoms with Gasteiger partial charge < -0.3 is 10.6 Å². The molecule has 1 aromatic carbocycles. The van der Waals surface area contributed by atoms with E-state index in [-0.39, 0.29) is 0 Å². The Bertz CT molecular complexity index is 625. The number of halogens is 1. The summed E-state index contributed by atoms with van der Waals surface area (Å²) in [6.07, 6.45) is 6.50. The minimum Gasteiger partial charge on any atom is -0.350 e. The van der Waals surface area contributed by atoms with Crippen LogP contribution in [0.4, 0.5) is 17.5 Å². The molecule has 1 saturated carbocycles. The number of benzene rings is 1. The first kappa shape index (κ1) is 14.1. The molecule has 0 saturated heterocycles. The lowest BCUT2D eigenvalue weighted by atomic mass is 10.2. The van der Waals surface area contributed by atoms with Gasteiger partial charge in [-0.1, -0.05) is 30.5 Å². The molecule has 1 fully saturated rings. The van der Waals surface area contributed by atoms with Crippen LogP contribution in [0.5, 0.6) is 0 Å². The zero-order valence-electron chi connectivity index (χ0n) is 11.9. The molecule has 1 aliphatic rings. The van der Waals surface area contributed by atoms with Crippen molar-refractivity contribution < 1.29 is 0 Å². The average molecular weight is 304 g/mol. The molecule has 2 aromatic rings. The lowest BCUT2D eigenvalue weighted by Crippen LogP contribution is -2.17. The maximum absolute atomic E-state index is 6.12. The average Bonchev–Trinajstić information content (AvgIpc) is 2.97. The van der Waals surface area contributed by atoms with Crippen molar-refractivity contribution in [3.63, 3.8) is 0 Å². The molecule has 0 bridgehead atoms. The number of hydrogen-bond acceptors (Lipinski definition) is 5. The van der Waals surface area contributed by atoms with Crippen LogP contribution in [0.2, 0.25) is 5.02 Å². The van der Waals surface area contributed by atoms with Gasteiger partial charge in [-0.25, -0.2) is 0 Å². The van der Waals surface area contributed by atoms with Crippen LogP contribution in [-0.4, -0.2) is 21.2 Å². The summed E-state index contributed by atoms with van der Waals surface area (Å²) in [5.41, 5.74) is 1.91. The van der Waals surface area contributed by atoms with E-state index in [9.17, 15) is 0 Å². The van der Waals surface area contributed by atoms with E-state index in [1.54, 1.807) is 6.20 Å². The summed E-state index contributed by atoms with van der Waals surface area (Å²) in [6.45, 7) is 1.97. The third-order valence-corrected chi connectivity index (χ3v) is 4.19. The van der Waals surface area contributed by atoms with Crippen molar-refractivity contribution in [2.75, 3.05) is 10.6 Å². The topological polar surface area (TPSA) is 62.7 Å². The molecule has 0 amide bonds. The molecule has 1 heterocycles. The Kier molecular flexibility index (Phi) is 4.20. The first-order valence-corrected chi connectivity index (χ1v) is 7.58.